The Hall–Kier alpha value is -2.14. The molecule has 3 aromatic rings. The van der Waals surface area contributed by atoms with Gasteiger partial charge in [-0.2, -0.15) is 0 Å². The van der Waals surface area contributed by atoms with Crippen molar-refractivity contribution in [2.24, 2.45) is 0 Å². The first-order chi connectivity index (χ1) is 9.47. The molecular weight excluding hydrogens is 277 g/mol. The maximum atomic E-state index is 13.6. The number of benzene rings is 2. The van der Waals surface area contributed by atoms with Crippen molar-refractivity contribution in [3.05, 3.63) is 54.5 Å². The Kier molecular flexibility index (Phi) is 2.87. The van der Waals surface area contributed by atoms with Crippen LogP contribution in [0.4, 0.5) is 4.39 Å². The van der Waals surface area contributed by atoms with Gasteiger partial charge in [0.2, 0.25) is 0 Å². The van der Waals surface area contributed by atoms with Crippen LogP contribution >= 0.6 is 0 Å². The molecule has 102 valence electrons. The first-order valence-corrected chi connectivity index (χ1v) is 7.92. The van der Waals surface area contributed by atoms with Crippen molar-refractivity contribution in [1.82, 2.24) is 4.98 Å². The van der Waals surface area contributed by atoms with E-state index in [9.17, 15) is 12.8 Å². The van der Waals surface area contributed by atoms with Gasteiger partial charge >= 0.3 is 0 Å². The van der Waals surface area contributed by atoms with E-state index in [1.165, 1.54) is 12.3 Å². The number of hydrogen-bond donors (Lipinski definition) is 1. The number of hydrogen-bond acceptors (Lipinski definition) is 2. The zero-order chi connectivity index (χ0) is 14.3. The second-order valence-corrected chi connectivity index (χ2v) is 6.68. The van der Waals surface area contributed by atoms with E-state index in [0.29, 0.717) is 5.52 Å². The number of rotatable bonds is 2. The fourth-order valence-corrected chi connectivity index (χ4v) is 2.87. The predicted octanol–water partition coefficient (Wildman–Crippen LogP) is 3.38. The lowest BCUT2D eigenvalue weighted by Crippen LogP contribution is -1.96. The SMILES string of the molecule is CS(=O)(=O)c1ccc(-c2c[nH]c3c(F)cccc23)cc1. The van der Waals surface area contributed by atoms with Crippen LogP contribution in [-0.4, -0.2) is 19.7 Å². The lowest BCUT2D eigenvalue weighted by Gasteiger charge is -2.02. The van der Waals surface area contributed by atoms with E-state index in [0.717, 1.165) is 16.5 Å². The van der Waals surface area contributed by atoms with Crippen molar-refractivity contribution in [3.63, 3.8) is 0 Å². The summed E-state index contributed by atoms with van der Waals surface area (Å²) >= 11 is 0. The molecule has 0 atom stereocenters. The Balaban J connectivity index is 2.14. The summed E-state index contributed by atoms with van der Waals surface area (Å²) in [6.45, 7) is 0. The Bertz CT molecular complexity index is 880. The van der Waals surface area contributed by atoms with E-state index in [4.69, 9.17) is 0 Å². The fraction of sp³-hybridized carbons (Fsp3) is 0.0667. The van der Waals surface area contributed by atoms with E-state index in [1.54, 1.807) is 36.5 Å². The monoisotopic (exact) mass is 289 g/mol. The summed E-state index contributed by atoms with van der Waals surface area (Å²) in [4.78, 5) is 3.18. The number of nitrogens with one attached hydrogen (secondary N) is 1. The Morgan fingerprint density at radius 2 is 1.75 bits per heavy atom. The highest BCUT2D eigenvalue weighted by Crippen LogP contribution is 2.30. The molecule has 3 rings (SSSR count). The minimum absolute atomic E-state index is 0.271. The molecule has 0 radical (unpaired) electrons. The number of fused-ring (bicyclic) bond motifs is 1. The molecule has 0 unspecified atom stereocenters. The molecule has 0 saturated heterocycles. The van der Waals surface area contributed by atoms with E-state index >= 15 is 0 Å². The molecule has 0 aliphatic carbocycles. The summed E-state index contributed by atoms with van der Waals surface area (Å²) < 4.78 is 36.5. The number of halogens is 1. The molecule has 5 heteroatoms. The molecule has 0 amide bonds. The van der Waals surface area contributed by atoms with Crippen molar-refractivity contribution in [2.45, 2.75) is 4.90 Å². The first-order valence-electron chi connectivity index (χ1n) is 6.03. The van der Waals surface area contributed by atoms with Gasteiger partial charge in [-0.1, -0.05) is 24.3 Å². The van der Waals surface area contributed by atoms with Crippen LogP contribution in [0.3, 0.4) is 0 Å². The van der Waals surface area contributed by atoms with Crippen LogP contribution in [0.2, 0.25) is 0 Å². The van der Waals surface area contributed by atoms with Crippen molar-refractivity contribution in [3.8, 4) is 11.1 Å². The van der Waals surface area contributed by atoms with Gasteiger partial charge in [-0.15, -0.1) is 0 Å². The minimum Gasteiger partial charge on any atom is -0.358 e. The lowest BCUT2D eigenvalue weighted by atomic mass is 10.1. The number of para-hydroxylation sites is 1. The summed E-state index contributed by atoms with van der Waals surface area (Å²) in [6.07, 6.45) is 2.90. The Labute approximate surface area is 116 Å². The number of aromatic amines is 1. The van der Waals surface area contributed by atoms with Crippen molar-refractivity contribution < 1.29 is 12.8 Å². The van der Waals surface area contributed by atoms with Crippen molar-refractivity contribution >= 4 is 20.7 Å². The highest BCUT2D eigenvalue weighted by atomic mass is 32.2. The van der Waals surface area contributed by atoms with Gasteiger partial charge in [-0.3, -0.25) is 0 Å². The number of H-pyrrole nitrogens is 1. The zero-order valence-electron chi connectivity index (χ0n) is 10.7. The third-order valence-corrected chi connectivity index (χ3v) is 4.39. The molecule has 1 N–H and O–H groups in total. The van der Waals surface area contributed by atoms with E-state index in [2.05, 4.69) is 4.98 Å². The van der Waals surface area contributed by atoms with Crippen LogP contribution in [0.25, 0.3) is 22.0 Å². The molecule has 0 bridgehead atoms. The normalized spacial score (nSPS) is 11.9. The summed E-state index contributed by atoms with van der Waals surface area (Å²) in [5, 5.41) is 0.775. The topological polar surface area (TPSA) is 49.9 Å². The zero-order valence-corrected chi connectivity index (χ0v) is 11.5. The third-order valence-electron chi connectivity index (χ3n) is 3.26. The van der Waals surface area contributed by atoms with E-state index in [1.807, 2.05) is 6.07 Å². The Morgan fingerprint density at radius 3 is 2.40 bits per heavy atom. The van der Waals surface area contributed by atoms with Crippen LogP contribution < -0.4 is 0 Å². The standard InChI is InChI=1S/C15H12FNO2S/c1-20(18,19)11-7-5-10(6-8-11)13-9-17-15-12(13)3-2-4-14(15)16/h2-9,17H,1H3. The average molecular weight is 289 g/mol. The van der Waals surface area contributed by atoms with Gasteiger partial charge in [0.1, 0.15) is 5.82 Å². The fourth-order valence-electron chi connectivity index (χ4n) is 2.24. The molecule has 20 heavy (non-hydrogen) atoms. The number of sulfone groups is 1. The summed E-state index contributed by atoms with van der Waals surface area (Å²) in [5.41, 5.74) is 2.14. The van der Waals surface area contributed by atoms with Gasteiger partial charge in [-0.25, -0.2) is 12.8 Å². The van der Waals surface area contributed by atoms with Gasteiger partial charge < -0.3 is 4.98 Å². The molecule has 0 spiro atoms. The second-order valence-electron chi connectivity index (χ2n) is 4.66. The molecule has 0 aliphatic rings. The van der Waals surface area contributed by atoms with Gasteiger partial charge in [0.25, 0.3) is 0 Å². The average Bonchev–Trinajstić information content (AvgIpc) is 2.83. The van der Waals surface area contributed by atoms with E-state index < -0.39 is 9.84 Å². The summed E-state index contributed by atoms with van der Waals surface area (Å²) in [7, 11) is -3.21. The van der Waals surface area contributed by atoms with Gasteiger partial charge in [0.05, 0.1) is 10.4 Å². The molecule has 0 fully saturated rings. The molecular formula is C15H12FNO2S. The lowest BCUT2D eigenvalue weighted by molar-refractivity contribution is 0.602. The largest absolute Gasteiger partial charge is 0.358 e. The van der Waals surface area contributed by atoms with Crippen LogP contribution in [0.5, 0.6) is 0 Å². The van der Waals surface area contributed by atoms with Crippen molar-refractivity contribution in [2.75, 3.05) is 6.26 Å². The second kappa shape index (κ2) is 4.45. The molecule has 0 aliphatic heterocycles. The van der Waals surface area contributed by atoms with Gasteiger partial charge in [0.15, 0.2) is 9.84 Å². The predicted molar refractivity (Wildman–Crippen MR) is 76.8 cm³/mol. The number of aromatic nitrogens is 1. The maximum absolute atomic E-state index is 13.6. The summed E-state index contributed by atoms with van der Waals surface area (Å²) in [6, 6.07) is 11.4. The quantitative estimate of drug-likeness (QED) is 0.786. The van der Waals surface area contributed by atoms with Crippen LogP contribution in [-0.2, 0) is 9.84 Å². The molecule has 3 nitrogen and oxygen atoms in total. The van der Waals surface area contributed by atoms with Crippen LogP contribution in [0, 0.1) is 5.82 Å². The third kappa shape index (κ3) is 2.10. The first kappa shape index (κ1) is 12.9. The highest BCUT2D eigenvalue weighted by molar-refractivity contribution is 7.90. The highest BCUT2D eigenvalue weighted by Gasteiger charge is 2.11. The van der Waals surface area contributed by atoms with Gasteiger partial charge in [0, 0.05) is 23.4 Å². The molecule has 0 saturated carbocycles. The maximum Gasteiger partial charge on any atom is 0.175 e. The smallest absolute Gasteiger partial charge is 0.175 e. The molecule has 1 heterocycles. The minimum atomic E-state index is -3.21. The van der Waals surface area contributed by atoms with Crippen molar-refractivity contribution in [1.29, 1.82) is 0 Å². The van der Waals surface area contributed by atoms with Crippen LogP contribution in [0.1, 0.15) is 0 Å². The summed E-state index contributed by atoms with van der Waals surface area (Å²) in [5.74, 6) is -0.304. The van der Waals surface area contributed by atoms with Crippen LogP contribution in [0.15, 0.2) is 53.6 Å². The molecule has 1 aromatic heterocycles. The van der Waals surface area contributed by atoms with Gasteiger partial charge in [-0.05, 0) is 23.8 Å². The Morgan fingerprint density at radius 1 is 1.05 bits per heavy atom. The van der Waals surface area contributed by atoms with E-state index in [-0.39, 0.29) is 10.7 Å². The molecule has 2 aromatic carbocycles.